The second-order valence-electron chi connectivity index (χ2n) is 8.31. The fraction of sp³-hybridized carbons (Fsp3) is 0.500. The van der Waals surface area contributed by atoms with E-state index in [4.69, 9.17) is 0 Å². The summed E-state index contributed by atoms with van der Waals surface area (Å²) >= 11 is 0.903. The topological polar surface area (TPSA) is 104 Å². The van der Waals surface area contributed by atoms with Gasteiger partial charge in [-0.15, -0.1) is 10.2 Å². The Morgan fingerprint density at radius 3 is 2.44 bits per heavy atom. The van der Waals surface area contributed by atoms with Crippen molar-refractivity contribution in [3.63, 3.8) is 0 Å². The smallest absolute Gasteiger partial charge is 0.286 e. The average Bonchev–Trinajstić information content (AvgIpc) is 3.31. The van der Waals surface area contributed by atoms with Crippen LogP contribution in [0.15, 0.2) is 24.3 Å². The predicted octanol–water partition coefficient (Wildman–Crippen LogP) is 3.23. The van der Waals surface area contributed by atoms with Crippen molar-refractivity contribution in [1.29, 1.82) is 0 Å². The Bertz CT molecular complexity index is 974. The number of benzene rings is 1. The Balaban J connectivity index is 1.34. The van der Waals surface area contributed by atoms with Crippen LogP contribution in [0, 0.1) is 11.7 Å². The lowest BCUT2D eigenvalue weighted by Crippen LogP contribution is -2.47. The third-order valence-electron chi connectivity index (χ3n) is 5.94. The van der Waals surface area contributed by atoms with E-state index < -0.39 is 11.7 Å². The maximum absolute atomic E-state index is 13.0. The number of likely N-dealkylation sites (tertiary alicyclic amines) is 1. The Labute approximate surface area is 189 Å². The summed E-state index contributed by atoms with van der Waals surface area (Å²) in [6.45, 7) is 0.886. The third-order valence-corrected chi connectivity index (χ3v) is 6.85. The summed E-state index contributed by atoms with van der Waals surface area (Å²) in [7, 11) is 0. The van der Waals surface area contributed by atoms with E-state index in [0.717, 1.165) is 49.9 Å². The largest absolute Gasteiger partial charge is 0.353 e. The summed E-state index contributed by atoms with van der Waals surface area (Å²) in [6, 6.07) is 5.59. The van der Waals surface area contributed by atoms with Crippen LogP contribution in [0.1, 0.15) is 64.6 Å². The number of hydrogen-bond donors (Lipinski definition) is 2. The first-order valence-corrected chi connectivity index (χ1v) is 11.8. The van der Waals surface area contributed by atoms with Gasteiger partial charge in [0.2, 0.25) is 15.9 Å². The van der Waals surface area contributed by atoms with Crippen molar-refractivity contribution in [2.24, 2.45) is 5.92 Å². The van der Waals surface area contributed by atoms with Gasteiger partial charge in [0.15, 0.2) is 0 Å². The van der Waals surface area contributed by atoms with Gasteiger partial charge in [0.1, 0.15) is 5.82 Å². The van der Waals surface area contributed by atoms with Crippen molar-refractivity contribution < 1.29 is 18.8 Å². The lowest BCUT2D eigenvalue weighted by molar-refractivity contribution is -0.127. The van der Waals surface area contributed by atoms with Gasteiger partial charge >= 0.3 is 0 Å². The van der Waals surface area contributed by atoms with E-state index in [0.29, 0.717) is 18.8 Å². The number of halogens is 1. The number of piperidine rings is 1. The van der Waals surface area contributed by atoms with Crippen LogP contribution in [-0.4, -0.2) is 52.0 Å². The minimum absolute atomic E-state index is 0.0195. The van der Waals surface area contributed by atoms with Crippen molar-refractivity contribution in [2.75, 3.05) is 18.4 Å². The van der Waals surface area contributed by atoms with Gasteiger partial charge in [0.25, 0.3) is 11.8 Å². The molecule has 1 saturated heterocycles. The fourth-order valence-corrected chi connectivity index (χ4v) is 4.90. The van der Waals surface area contributed by atoms with Gasteiger partial charge in [-0.05, 0) is 49.9 Å². The highest BCUT2D eigenvalue weighted by molar-refractivity contribution is 7.15. The molecule has 1 aromatic heterocycles. The standard InChI is InChI=1S/C22H26FN5O3S/c23-15-8-10-17(11-9-15)25-19(30)20-26-27-21(32-20)22(31)28-12-4-5-14(13-28)18(29)24-16-6-2-1-3-7-16/h8-11,14,16H,1-7,12-13H2,(H,24,29)(H,25,30)/t14-/m1/s1. The fourth-order valence-electron chi connectivity index (χ4n) is 4.20. The second-order valence-corrected chi connectivity index (χ2v) is 9.28. The molecule has 1 aliphatic heterocycles. The van der Waals surface area contributed by atoms with E-state index in [1.165, 1.54) is 30.7 Å². The Kier molecular flexibility index (Phi) is 7.09. The van der Waals surface area contributed by atoms with Crippen molar-refractivity contribution in [2.45, 2.75) is 51.0 Å². The third kappa shape index (κ3) is 5.48. The van der Waals surface area contributed by atoms with E-state index >= 15 is 0 Å². The zero-order valence-electron chi connectivity index (χ0n) is 17.7. The number of carbonyl (C=O) groups is 3. The number of carbonyl (C=O) groups excluding carboxylic acids is 3. The first-order chi connectivity index (χ1) is 15.5. The Morgan fingerprint density at radius 1 is 0.969 bits per heavy atom. The molecule has 0 radical (unpaired) electrons. The summed E-state index contributed by atoms with van der Waals surface area (Å²) in [6.07, 6.45) is 7.06. The molecule has 0 unspecified atom stereocenters. The van der Waals surface area contributed by atoms with Crippen LogP contribution in [-0.2, 0) is 4.79 Å². The Morgan fingerprint density at radius 2 is 1.69 bits per heavy atom. The highest BCUT2D eigenvalue weighted by Crippen LogP contribution is 2.23. The quantitative estimate of drug-likeness (QED) is 0.714. The lowest BCUT2D eigenvalue weighted by atomic mass is 9.93. The Hall–Kier alpha value is -2.88. The first kappa shape index (κ1) is 22.3. The molecule has 3 amide bonds. The summed E-state index contributed by atoms with van der Waals surface area (Å²) in [5.74, 6) is -1.45. The van der Waals surface area contributed by atoms with Crippen LogP contribution < -0.4 is 10.6 Å². The van der Waals surface area contributed by atoms with Crippen molar-refractivity contribution in [3.05, 3.63) is 40.1 Å². The highest BCUT2D eigenvalue weighted by Gasteiger charge is 2.32. The number of anilines is 1. The highest BCUT2D eigenvalue weighted by atomic mass is 32.1. The number of rotatable bonds is 5. The number of amides is 3. The molecule has 1 aliphatic carbocycles. The molecule has 0 spiro atoms. The molecule has 2 N–H and O–H groups in total. The van der Waals surface area contributed by atoms with Crippen molar-refractivity contribution in [1.82, 2.24) is 20.4 Å². The van der Waals surface area contributed by atoms with Gasteiger partial charge < -0.3 is 15.5 Å². The molecule has 1 saturated carbocycles. The molecular formula is C22H26FN5O3S. The van der Waals surface area contributed by atoms with Crippen LogP contribution >= 0.6 is 11.3 Å². The molecule has 8 nitrogen and oxygen atoms in total. The summed E-state index contributed by atoms with van der Waals surface area (Å²) in [5.41, 5.74) is 0.419. The van der Waals surface area contributed by atoms with E-state index in [9.17, 15) is 18.8 Å². The van der Waals surface area contributed by atoms with Gasteiger partial charge in [-0.1, -0.05) is 30.6 Å². The van der Waals surface area contributed by atoms with E-state index in [1.54, 1.807) is 4.90 Å². The number of nitrogens with zero attached hydrogens (tertiary/aromatic N) is 3. The van der Waals surface area contributed by atoms with Gasteiger partial charge in [-0.25, -0.2) is 4.39 Å². The van der Waals surface area contributed by atoms with Crippen LogP contribution in [0.25, 0.3) is 0 Å². The first-order valence-electron chi connectivity index (χ1n) is 11.0. The van der Waals surface area contributed by atoms with Gasteiger partial charge in [-0.3, -0.25) is 14.4 Å². The van der Waals surface area contributed by atoms with E-state index in [1.807, 2.05) is 0 Å². The molecule has 2 aromatic rings. The molecule has 170 valence electrons. The molecular weight excluding hydrogens is 433 g/mol. The SMILES string of the molecule is O=C(Nc1ccc(F)cc1)c1nnc(C(=O)N2CCC[C@@H](C(=O)NC3CCCCC3)C2)s1. The molecule has 10 heteroatoms. The zero-order chi connectivity index (χ0) is 22.5. The van der Waals surface area contributed by atoms with Crippen LogP contribution in [0.5, 0.6) is 0 Å². The molecule has 1 aromatic carbocycles. The van der Waals surface area contributed by atoms with Crippen LogP contribution in [0.4, 0.5) is 10.1 Å². The van der Waals surface area contributed by atoms with Crippen LogP contribution in [0.3, 0.4) is 0 Å². The average molecular weight is 460 g/mol. The van der Waals surface area contributed by atoms with Gasteiger partial charge in [0, 0.05) is 24.8 Å². The molecule has 2 fully saturated rings. The zero-order valence-corrected chi connectivity index (χ0v) is 18.5. The molecule has 0 bridgehead atoms. The number of aromatic nitrogens is 2. The van der Waals surface area contributed by atoms with E-state index in [-0.39, 0.29) is 33.8 Å². The monoisotopic (exact) mass is 459 g/mol. The summed E-state index contributed by atoms with van der Waals surface area (Å²) in [4.78, 5) is 39.6. The predicted molar refractivity (Wildman–Crippen MR) is 118 cm³/mol. The maximum atomic E-state index is 13.0. The minimum Gasteiger partial charge on any atom is -0.353 e. The number of nitrogens with one attached hydrogen (secondary N) is 2. The molecule has 2 heterocycles. The van der Waals surface area contributed by atoms with Gasteiger partial charge in [0.05, 0.1) is 5.92 Å². The summed E-state index contributed by atoms with van der Waals surface area (Å²) < 4.78 is 13.0. The summed E-state index contributed by atoms with van der Waals surface area (Å²) in [5, 5.41) is 13.6. The van der Waals surface area contributed by atoms with Crippen molar-refractivity contribution in [3.8, 4) is 0 Å². The lowest BCUT2D eigenvalue weighted by Gasteiger charge is -2.33. The van der Waals surface area contributed by atoms with Crippen molar-refractivity contribution >= 4 is 34.7 Å². The minimum atomic E-state index is -0.517. The molecule has 4 rings (SSSR count). The molecule has 32 heavy (non-hydrogen) atoms. The van der Waals surface area contributed by atoms with Crippen LogP contribution in [0.2, 0.25) is 0 Å². The molecule has 2 aliphatic rings. The second kappa shape index (κ2) is 10.2. The van der Waals surface area contributed by atoms with Gasteiger partial charge in [-0.2, -0.15) is 0 Å². The molecule has 1 atom stereocenters. The normalized spacial score (nSPS) is 19.4. The number of hydrogen-bond acceptors (Lipinski definition) is 6. The van der Waals surface area contributed by atoms with E-state index in [2.05, 4.69) is 20.8 Å². The maximum Gasteiger partial charge on any atom is 0.286 e.